The van der Waals surface area contributed by atoms with Gasteiger partial charge in [0.1, 0.15) is 0 Å². The van der Waals surface area contributed by atoms with Gasteiger partial charge in [-0.15, -0.1) is 0 Å². The number of rotatable bonds is 3. The fourth-order valence-electron chi connectivity index (χ4n) is 2.89. The summed E-state index contributed by atoms with van der Waals surface area (Å²) in [7, 11) is 0. The highest BCUT2D eigenvalue weighted by molar-refractivity contribution is 5.94. The molecule has 1 aromatic carbocycles. The van der Waals surface area contributed by atoms with Crippen LogP contribution >= 0.6 is 0 Å². The molecule has 0 bridgehead atoms. The van der Waals surface area contributed by atoms with Crippen molar-refractivity contribution in [2.45, 2.75) is 25.3 Å². The molecule has 1 fully saturated rings. The molecule has 0 spiro atoms. The minimum atomic E-state index is -0.0942. The average molecular weight is 271 g/mol. The van der Waals surface area contributed by atoms with Crippen molar-refractivity contribution >= 4 is 17.3 Å². The first-order valence-corrected chi connectivity index (χ1v) is 7.32. The van der Waals surface area contributed by atoms with E-state index in [0.29, 0.717) is 6.42 Å². The summed E-state index contributed by atoms with van der Waals surface area (Å²) >= 11 is 0. The van der Waals surface area contributed by atoms with E-state index in [0.717, 1.165) is 18.8 Å². The zero-order valence-electron chi connectivity index (χ0n) is 11.6. The summed E-state index contributed by atoms with van der Waals surface area (Å²) in [5, 5.41) is 2.96. The fraction of sp³-hybridized carbons (Fsp3) is 0.438. The van der Waals surface area contributed by atoms with Gasteiger partial charge in [0, 0.05) is 30.5 Å². The van der Waals surface area contributed by atoms with Gasteiger partial charge in [0.05, 0.1) is 5.92 Å². The fourth-order valence-corrected chi connectivity index (χ4v) is 2.89. The Labute approximate surface area is 119 Å². The maximum Gasteiger partial charge on any atom is 0.231 e. The molecule has 0 radical (unpaired) electrons. The smallest absolute Gasteiger partial charge is 0.231 e. The van der Waals surface area contributed by atoms with E-state index in [4.69, 9.17) is 5.73 Å². The quantitative estimate of drug-likeness (QED) is 0.828. The Morgan fingerprint density at radius 3 is 2.45 bits per heavy atom. The molecule has 1 heterocycles. The standard InChI is InChI=1S/C16H21N3O/c17-13-4-3-12(11-13)16(20)18-14-5-7-15(8-6-14)19-9-1-2-10-19/h3-8,12-13H,1-2,9-11,17H2,(H,18,20). The largest absolute Gasteiger partial charge is 0.372 e. The topological polar surface area (TPSA) is 58.4 Å². The number of nitrogens with two attached hydrogens (primary N) is 1. The molecule has 4 nitrogen and oxygen atoms in total. The summed E-state index contributed by atoms with van der Waals surface area (Å²) in [5.41, 5.74) is 7.87. The van der Waals surface area contributed by atoms with Gasteiger partial charge in [-0.25, -0.2) is 0 Å². The molecule has 106 valence electrons. The third-order valence-electron chi connectivity index (χ3n) is 4.06. The van der Waals surface area contributed by atoms with E-state index in [-0.39, 0.29) is 17.9 Å². The molecule has 3 N–H and O–H groups in total. The summed E-state index contributed by atoms with van der Waals surface area (Å²) < 4.78 is 0. The highest BCUT2D eigenvalue weighted by Gasteiger charge is 2.22. The van der Waals surface area contributed by atoms with Crippen molar-refractivity contribution in [3.63, 3.8) is 0 Å². The van der Waals surface area contributed by atoms with E-state index in [1.807, 2.05) is 24.3 Å². The van der Waals surface area contributed by atoms with E-state index in [2.05, 4.69) is 22.3 Å². The molecule has 2 unspecified atom stereocenters. The highest BCUT2D eigenvalue weighted by atomic mass is 16.1. The molecule has 0 saturated carbocycles. The molecule has 2 atom stereocenters. The van der Waals surface area contributed by atoms with E-state index in [1.54, 1.807) is 0 Å². The first kappa shape index (κ1) is 13.2. The van der Waals surface area contributed by atoms with Crippen molar-refractivity contribution in [1.29, 1.82) is 0 Å². The van der Waals surface area contributed by atoms with Crippen LogP contribution < -0.4 is 16.0 Å². The zero-order valence-corrected chi connectivity index (χ0v) is 11.6. The zero-order chi connectivity index (χ0) is 13.9. The molecule has 4 heteroatoms. The van der Waals surface area contributed by atoms with E-state index < -0.39 is 0 Å². The lowest BCUT2D eigenvalue weighted by Gasteiger charge is -2.18. The molecule has 2 aliphatic rings. The minimum absolute atomic E-state index is 0.0169. The predicted octanol–water partition coefficient (Wildman–Crippen LogP) is 2.13. The normalized spacial score (nSPS) is 25.1. The highest BCUT2D eigenvalue weighted by Crippen LogP contribution is 2.23. The van der Waals surface area contributed by atoms with Gasteiger partial charge in [0.25, 0.3) is 0 Å². The van der Waals surface area contributed by atoms with Gasteiger partial charge < -0.3 is 16.0 Å². The second kappa shape index (κ2) is 5.67. The van der Waals surface area contributed by atoms with Crippen molar-refractivity contribution < 1.29 is 4.79 Å². The number of hydrogen-bond donors (Lipinski definition) is 2. The third kappa shape index (κ3) is 2.85. The Bertz CT molecular complexity index is 503. The van der Waals surface area contributed by atoms with Crippen LogP contribution in [0.15, 0.2) is 36.4 Å². The summed E-state index contributed by atoms with van der Waals surface area (Å²) in [4.78, 5) is 14.5. The minimum Gasteiger partial charge on any atom is -0.372 e. The number of amides is 1. The van der Waals surface area contributed by atoms with Gasteiger partial charge in [-0.05, 0) is 43.5 Å². The molecule has 1 saturated heterocycles. The van der Waals surface area contributed by atoms with Crippen molar-refractivity contribution in [3.05, 3.63) is 36.4 Å². The summed E-state index contributed by atoms with van der Waals surface area (Å²) in [6.45, 7) is 2.27. The second-order valence-electron chi connectivity index (χ2n) is 5.62. The molecular weight excluding hydrogens is 250 g/mol. The SMILES string of the molecule is NC1C=CC(C(=O)Nc2ccc(N3CCCC3)cc2)C1. The van der Waals surface area contributed by atoms with Crippen molar-refractivity contribution in [1.82, 2.24) is 0 Å². The summed E-state index contributed by atoms with van der Waals surface area (Å²) in [6.07, 6.45) is 7.05. The van der Waals surface area contributed by atoms with Crippen molar-refractivity contribution in [2.75, 3.05) is 23.3 Å². The lowest BCUT2D eigenvalue weighted by Crippen LogP contribution is -2.24. The van der Waals surface area contributed by atoms with Crippen LogP contribution in [0.4, 0.5) is 11.4 Å². The van der Waals surface area contributed by atoms with E-state index in [9.17, 15) is 4.79 Å². The summed E-state index contributed by atoms with van der Waals surface area (Å²) in [6, 6.07) is 8.13. The summed E-state index contributed by atoms with van der Waals surface area (Å²) in [5.74, 6) is -0.0635. The number of nitrogens with zero attached hydrogens (tertiary/aromatic N) is 1. The van der Waals surface area contributed by atoms with Gasteiger partial charge in [-0.3, -0.25) is 4.79 Å². The van der Waals surface area contributed by atoms with Gasteiger partial charge in [-0.2, -0.15) is 0 Å². The maximum atomic E-state index is 12.1. The molecule has 0 aromatic heterocycles. The van der Waals surface area contributed by atoms with Crippen LogP contribution in [0.3, 0.4) is 0 Å². The second-order valence-corrected chi connectivity index (χ2v) is 5.62. The molecule has 20 heavy (non-hydrogen) atoms. The van der Waals surface area contributed by atoms with Crippen molar-refractivity contribution in [2.24, 2.45) is 11.7 Å². The van der Waals surface area contributed by atoms with Gasteiger partial charge >= 0.3 is 0 Å². The Hall–Kier alpha value is -1.81. The number of benzene rings is 1. The first-order valence-electron chi connectivity index (χ1n) is 7.32. The van der Waals surface area contributed by atoms with Crippen LogP contribution in [-0.4, -0.2) is 25.0 Å². The van der Waals surface area contributed by atoms with Crippen LogP contribution in [0, 0.1) is 5.92 Å². The van der Waals surface area contributed by atoms with Gasteiger partial charge in [0.15, 0.2) is 0 Å². The predicted molar refractivity (Wildman–Crippen MR) is 81.7 cm³/mol. The first-order chi connectivity index (χ1) is 9.72. The lowest BCUT2D eigenvalue weighted by molar-refractivity contribution is -0.118. The number of carbonyl (C=O) groups excluding carboxylic acids is 1. The maximum absolute atomic E-state index is 12.1. The Kier molecular flexibility index (Phi) is 3.74. The molecular formula is C16H21N3O. The van der Waals surface area contributed by atoms with Crippen LogP contribution in [0.25, 0.3) is 0 Å². The van der Waals surface area contributed by atoms with Crippen molar-refractivity contribution in [3.8, 4) is 0 Å². The van der Waals surface area contributed by atoms with E-state index in [1.165, 1.54) is 18.5 Å². The van der Waals surface area contributed by atoms with Gasteiger partial charge in [0.2, 0.25) is 5.91 Å². The monoisotopic (exact) mass is 271 g/mol. The molecule has 1 amide bonds. The van der Waals surface area contributed by atoms with Crippen LogP contribution in [-0.2, 0) is 4.79 Å². The molecule has 1 aromatic rings. The number of nitrogens with one attached hydrogen (secondary N) is 1. The third-order valence-corrected chi connectivity index (χ3v) is 4.06. The molecule has 3 rings (SSSR count). The van der Waals surface area contributed by atoms with Crippen LogP contribution in [0.1, 0.15) is 19.3 Å². The van der Waals surface area contributed by atoms with Gasteiger partial charge in [-0.1, -0.05) is 12.2 Å². The van der Waals surface area contributed by atoms with Crippen LogP contribution in [0.2, 0.25) is 0 Å². The van der Waals surface area contributed by atoms with Crippen LogP contribution in [0.5, 0.6) is 0 Å². The number of carbonyl (C=O) groups is 1. The molecule has 1 aliphatic carbocycles. The lowest BCUT2D eigenvalue weighted by atomic mass is 10.1. The Balaban J connectivity index is 1.60. The number of anilines is 2. The number of hydrogen-bond acceptors (Lipinski definition) is 3. The molecule has 1 aliphatic heterocycles. The van der Waals surface area contributed by atoms with E-state index >= 15 is 0 Å². The average Bonchev–Trinajstić information content (AvgIpc) is 3.10. The Morgan fingerprint density at radius 2 is 1.85 bits per heavy atom. The Morgan fingerprint density at radius 1 is 1.15 bits per heavy atom.